The molecular formula is C34H30N4O. The lowest BCUT2D eigenvalue weighted by Gasteiger charge is -2.25. The Morgan fingerprint density at radius 1 is 0.718 bits per heavy atom. The minimum absolute atomic E-state index is 0.414. The maximum atomic E-state index is 6.49. The first-order chi connectivity index (χ1) is 19.1. The average Bonchev–Trinajstić information content (AvgIpc) is 3.50. The maximum absolute atomic E-state index is 6.49. The highest BCUT2D eigenvalue weighted by Crippen LogP contribution is 2.42. The molecule has 0 saturated heterocycles. The van der Waals surface area contributed by atoms with Crippen molar-refractivity contribution in [2.24, 2.45) is 0 Å². The maximum Gasteiger partial charge on any atom is 0.137 e. The van der Waals surface area contributed by atoms with Crippen molar-refractivity contribution in [2.45, 2.75) is 26.8 Å². The minimum atomic E-state index is 0.414. The molecule has 5 heteroatoms. The summed E-state index contributed by atoms with van der Waals surface area (Å²) in [5.74, 6) is 2.51. The lowest BCUT2D eigenvalue weighted by Crippen LogP contribution is -2.33. The van der Waals surface area contributed by atoms with Crippen molar-refractivity contribution < 1.29 is 4.74 Å². The molecule has 1 aliphatic rings. The third-order valence-corrected chi connectivity index (χ3v) is 7.54. The normalized spacial score (nSPS) is 13.0. The summed E-state index contributed by atoms with van der Waals surface area (Å²) in [5.41, 5.74) is 6.98. The second-order valence-corrected chi connectivity index (χ2v) is 10.4. The molecule has 0 unspecified atom stereocenters. The molecule has 0 saturated carbocycles. The molecule has 4 aromatic carbocycles. The molecule has 192 valence electrons. The zero-order valence-electron chi connectivity index (χ0n) is 22.4. The van der Waals surface area contributed by atoms with Crippen LogP contribution in [0, 0.1) is 6.92 Å². The fraction of sp³-hybridized carbons (Fsp3) is 0.147. The van der Waals surface area contributed by atoms with E-state index in [9.17, 15) is 0 Å². The highest BCUT2D eigenvalue weighted by Gasteiger charge is 2.28. The Morgan fingerprint density at radius 2 is 1.49 bits per heavy atom. The summed E-state index contributed by atoms with van der Waals surface area (Å²) in [4.78, 5) is 9.48. The monoisotopic (exact) mass is 510 g/mol. The Balaban J connectivity index is 1.27. The number of hydrogen-bond donors (Lipinski definition) is 0. The van der Waals surface area contributed by atoms with Gasteiger partial charge in [0.05, 0.1) is 29.1 Å². The number of ether oxygens (including phenoxy) is 1. The van der Waals surface area contributed by atoms with Crippen LogP contribution in [0.1, 0.15) is 19.4 Å². The van der Waals surface area contributed by atoms with Crippen LogP contribution in [0.15, 0.2) is 109 Å². The van der Waals surface area contributed by atoms with Gasteiger partial charge in [-0.3, -0.25) is 4.57 Å². The Hall–Kier alpha value is -4.77. The van der Waals surface area contributed by atoms with Crippen molar-refractivity contribution in [3.8, 4) is 17.3 Å². The van der Waals surface area contributed by atoms with Crippen molar-refractivity contribution in [3.63, 3.8) is 0 Å². The predicted molar refractivity (Wildman–Crippen MR) is 161 cm³/mol. The number of rotatable bonds is 5. The van der Waals surface area contributed by atoms with Gasteiger partial charge in [-0.25, -0.2) is 4.98 Å². The van der Waals surface area contributed by atoms with E-state index in [1.807, 2.05) is 18.3 Å². The van der Waals surface area contributed by atoms with Gasteiger partial charge in [-0.15, -0.1) is 0 Å². The number of fused-ring (bicyclic) bond motifs is 4. The molecule has 6 aromatic rings. The number of benzene rings is 4. The molecule has 0 atom stereocenters. The zero-order chi connectivity index (χ0) is 26.5. The van der Waals surface area contributed by atoms with E-state index in [2.05, 4.69) is 126 Å². The molecule has 7 rings (SSSR count). The van der Waals surface area contributed by atoms with E-state index in [0.717, 1.165) is 40.7 Å². The largest absolute Gasteiger partial charge is 0.457 e. The topological polar surface area (TPSA) is 33.5 Å². The average molecular weight is 511 g/mol. The van der Waals surface area contributed by atoms with E-state index in [4.69, 9.17) is 9.72 Å². The Kier molecular flexibility index (Phi) is 5.51. The highest BCUT2D eigenvalue weighted by molar-refractivity contribution is 6.09. The molecule has 0 fully saturated rings. The lowest BCUT2D eigenvalue weighted by molar-refractivity contribution is 0.483. The van der Waals surface area contributed by atoms with Crippen LogP contribution in [0.4, 0.5) is 17.1 Å². The zero-order valence-corrected chi connectivity index (χ0v) is 22.4. The third kappa shape index (κ3) is 3.98. The molecule has 0 bridgehead atoms. The van der Waals surface area contributed by atoms with Crippen molar-refractivity contribution in [3.05, 3.63) is 115 Å². The number of nitrogens with zero attached hydrogens (tertiary/aromatic N) is 4. The van der Waals surface area contributed by atoms with Crippen molar-refractivity contribution in [1.82, 2.24) is 9.55 Å². The van der Waals surface area contributed by atoms with Gasteiger partial charge < -0.3 is 14.5 Å². The lowest BCUT2D eigenvalue weighted by atomic mass is 10.1. The molecule has 0 spiro atoms. The summed E-state index contributed by atoms with van der Waals surface area (Å²) in [6.45, 7) is 7.39. The summed E-state index contributed by atoms with van der Waals surface area (Å²) in [6, 6.07) is 36.4. The number of hydrogen-bond acceptors (Lipinski definition) is 4. The first-order valence-electron chi connectivity index (χ1n) is 13.4. The molecule has 0 aliphatic carbocycles. The van der Waals surface area contributed by atoms with Crippen LogP contribution in [-0.2, 0) is 0 Å². The number of para-hydroxylation sites is 3. The van der Waals surface area contributed by atoms with Gasteiger partial charge in [0.15, 0.2) is 0 Å². The van der Waals surface area contributed by atoms with E-state index in [-0.39, 0.29) is 0 Å². The number of aromatic nitrogens is 2. The van der Waals surface area contributed by atoms with Crippen LogP contribution >= 0.6 is 0 Å². The summed E-state index contributed by atoms with van der Waals surface area (Å²) < 4.78 is 8.71. The van der Waals surface area contributed by atoms with E-state index >= 15 is 0 Å². The Morgan fingerprint density at radius 3 is 2.33 bits per heavy atom. The van der Waals surface area contributed by atoms with Crippen LogP contribution in [0.25, 0.3) is 27.6 Å². The molecule has 1 aliphatic heterocycles. The van der Waals surface area contributed by atoms with Crippen molar-refractivity contribution in [2.75, 3.05) is 16.5 Å². The second kappa shape index (κ2) is 9.21. The van der Waals surface area contributed by atoms with Gasteiger partial charge in [0.25, 0.3) is 0 Å². The second-order valence-electron chi connectivity index (χ2n) is 10.4. The molecular weight excluding hydrogens is 480 g/mol. The predicted octanol–water partition coefficient (Wildman–Crippen LogP) is 8.60. The summed E-state index contributed by atoms with van der Waals surface area (Å²) in [7, 11) is 0. The van der Waals surface area contributed by atoms with E-state index in [1.54, 1.807) is 0 Å². The molecule has 3 heterocycles. The first kappa shape index (κ1) is 23.4. The molecule has 39 heavy (non-hydrogen) atoms. The van der Waals surface area contributed by atoms with Crippen LogP contribution in [0.5, 0.6) is 11.5 Å². The van der Waals surface area contributed by atoms with Gasteiger partial charge in [-0.2, -0.15) is 0 Å². The van der Waals surface area contributed by atoms with Gasteiger partial charge in [0.1, 0.15) is 17.3 Å². The SMILES string of the molecule is Cc1ccnc(-n2c3ccccc3c3ccc(Oc4cccc(N5CN(C(C)C)c6ccccc65)c4)cc32)c1. The molecule has 5 nitrogen and oxygen atoms in total. The number of anilines is 3. The fourth-order valence-corrected chi connectivity index (χ4v) is 5.66. The van der Waals surface area contributed by atoms with Gasteiger partial charge >= 0.3 is 0 Å². The molecule has 0 N–H and O–H groups in total. The van der Waals surface area contributed by atoms with Gasteiger partial charge in [-0.1, -0.05) is 36.4 Å². The van der Waals surface area contributed by atoms with Crippen molar-refractivity contribution in [1.29, 1.82) is 0 Å². The van der Waals surface area contributed by atoms with Gasteiger partial charge in [-0.05, 0) is 80.9 Å². The van der Waals surface area contributed by atoms with Gasteiger partial charge in [0.2, 0.25) is 0 Å². The minimum Gasteiger partial charge on any atom is -0.457 e. The summed E-state index contributed by atoms with van der Waals surface area (Å²) >= 11 is 0. The van der Waals surface area contributed by atoms with E-state index < -0.39 is 0 Å². The standard InChI is InChI=1S/C34H30N4O/c1-23(2)36-22-37(32-14-7-6-13-31(32)36)25-9-8-10-26(20-25)39-27-15-16-29-28-11-4-5-12-30(28)38(33(29)21-27)34-19-24(3)17-18-35-34/h4-21,23H,22H2,1-3H3. The fourth-order valence-electron chi connectivity index (χ4n) is 5.66. The van der Waals surface area contributed by atoms with Crippen LogP contribution in [0.3, 0.4) is 0 Å². The molecule has 2 aromatic heterocycles. The van der Waals surface area contributed by atoms with Crippen LogP contribution < -0.4 is 14.5 Å². The highest BCUT2D eigenvalue weighted by atomic mass is 16.5. The van der Waals surface area contributed by atoms with E-state index in [0.29, 0.717) is 6.04 Å². The Labute approximate surface area is 228 Å². The number of aryl methyl sites for hydroxylation is 1. The summed E-state index contributed by atoms with van der Waals surface area (Å²) in [6.07, 6.45) is 1.87. The first-order valence-corrected chi connectivity index (χ1v) is 13.4. The summed E-state index contributed by atoms with van der Waals surface area (Å²) in [5, 5.41) is 2.38. The smallest absolute Gasteiger partial charge is 0.137 e. The third-order valence-electron chi connectivity index (χ3n) is 7.54. The quantitative estimate of drug-likeness (QED) is 0.232. The number of pyridine rings is 1. The van der Waals surface area contributed by atoms with Gasteiger partial charge in [0, 0.05) is 40.8 Å². The molecule has 0 amide bonds. The van der Waals surface area contributed by atoms with Crippen LogP contribution in [0.2, 0.25) is 0 Å². The van der Waals surface area contributed by atoms with Crippen molar-refractivity contribution >= 4 is 38.9 Å². The van der Waals surface area contributed by atoms with E-state index in [1.165, 1.54) is 27.7 Å². The van der Waals surface area contributed by atoms with Crippen LogP contribution in [-0.4, -0.2) is 22.3 Å². The molecule has 0 radical (unpaired) electrons. The Bertz CT molecular complexity index is 1840.